The lowest BCUT2D eigenvalue weighted by atomic mass is 10.0. The summed E-state index contributed by atoms with van der Waals surface area (Å²) in [6.45, 7) is 0.725. The molecule has 3 heteroatoms. The minimum absolute atomic E-state index is 0.695. The summed E-state index contributed by atoms with van der Waals surface area (Å²) in [5.74, 6) is 2.59. The number of methoxy groups -OCH3 is 1. The second kappa shape index (κ2) is 9.37. The van der Waals surface area contributed by atoms with Crippen LogP contribution in [0.3, 0.4) is 0 Å². The molecule has 0 unspecified atom stereocenters. The Bertz CT molecular complexity index is 569. The van der Waals surface area contributed by atoms with Crippen molar-refractivity contribution in [2.75, 3.05) is 19.6 Å². The number of hydrogen-bond acceptors (Lipinski definition) is 2. The van der Waals surface area contributed by atoms with E-state index in [0.29, 0.717) is 5.88 Å². The number of alkyl halides is 1. The fraction of sp³-hybridized carbons (Fsp3) is 0.368. The van der Waals surface area contributed by atoms with Gasteiger partial charge in [-0.15, -0.1) is 11.6 Å². The van der Waals surface area contributed by atoms with Gasteiger partial charge in [-0.1, -0.05) is 30.3 Å². The topological polar surface area (TPSA) is 18.5 Å². The molecule has 2 aromatic carbocycles. The molecule has 0 aliphatic rings. The minimum atomic E-state index is 0.695. The van der Waals surface area contributed by atoms with Crippen LogP contribution in [-0.4, -0.2) is 19.6 Å². The molecule has 0 spiro atoms. The van der Waals surface area contributed by atoms with E-state index in [4.69, 9.17) is 21.1 Å². The molecule has 2 aromatic rings. The SMILES string of the molecule is COc1cccc(CCc2ccccc2OCCCCCl)c1. The molecule has 2 rings (SSSR count). The standard InChI is InChI=1S/C19H23ClO2/c1-21-18-9-6-7-16(15-18)11-12-17-8-2-3-10-19(17)22-14-5-4-13-20/h2-3,6-10,15H,4-5,11-14H2,1H3. The van der Waals surface area contributed by atoms with Crippen LogP contribution in [0.4, 0.5) is 0 Å². The molecule has 0 saturated carbocycles. The average Bonchev–Trinajstić information content (AvgIpc) is 2.58. The van der Waals surface area contributed by atoms with E-state index in [0.717, 1.165) is 43.8 Å². The molecule has 0 aliphatic heterocycles. The Morgan fingerprint density at radius 3 is 2.64 bits per heavy atom. The van der Waals surface area contributed by atoms with Crippen molar-refractivity contribution in [1.29, 1.82) is 0 Å². The molecule has 0 fully saturated rings. The molecular formula is C19H23ClO2. The van der Waals surface area contributed by atoms with Crippen LogP contribution in [0, 0.1) is 0 Å². The smallest absolute Gasteiger partial charge is 0.122 e. The third-order valence-electron chi connectivity index (χ3n) is 3.58. The molecule has 0 bridgehead atoms. The fourth-order valence-electron chi connectivity index (χ4n) is 2.34. The van der Waals surface area contributed by atoms with E-state index < -0.39 is 0 Å². The molecule has 0 atom stereocenters. The molecule has 0 radical (unpaired) electrons. The molecular weight excluding hydrogens is 296 g/mol. The Morgan fingerprint density at radius 1 is 0.955 bits per heavy atom. The van der Waals surface area contributed by atoms with Crippen LogP contribution in [0.15, 0.2) is 48.5 Å². The Labute approximate surface area is 138 Å². The van der Waals surface area contributed by atoms with Gasteiger partial charge in [-0.2, -0.15) is 0 Å². The van der Waals surface area contributed by atoms with Crippen molar-refractivity contribution < 1.29 is 9.47 Å². The normalized spacial score (nSPS) is 10.5. The first-order valence-corrected chi connectivity index (χ1v) is 8.26. The number of hydrogen-bond donors (Lipinski definition) is 0. The fourth-order valence-corrected chi connectivity index (χ4v) is 2.53. The second-order valence-corrected chi connectivity index (χ2v) is 5.58. The average molecular weight is 319 g/mol. The summed E-state index contributed by atoms with van der Waals surface area (Å²) in [6, 6.07) is 16.5. The summed E-state index contributed by atoms with van der Waals surface area (Å²) in [5, 5.41) is 0. The van der Waals surface area contributed by atoms with Crippen molar-refractivity contribution in [2.45, 2.75) is 25.7 Å². The zero-order chi connectivity index (χ0) is 15.6. The number of aryl methyl sites for hydroxylation is 2. The Morgan fingerprint density at radius 2 is 1.82 bits per heavy atom. The molecule has 0 aliphatic carbocycles. The summed E-state index contributed by atoms with van der Waals surface area (Å²) in [4.78, 5) is 0. The molecule has 2 nitrogen and oxygen atoms in total. The lowest BCUT2D eigenvalue weighted by molar-refractivity contribution is 0.306. The molecule has 118 valence electrons. The number of unbranched alkanes of at least 4 members (excludes halogenated alkanes) is 1. The maximum Gasteiger partial charge on any atom is 0.122 e. The lowest BCUT2D eigenvalue weighted by Crippen LogP contribution is -2.01. The number of rotatable bonds is 9. The van der Waals surface area contributed by atoms with Crippen molar-refractivity contribution in [3.05, 3.63) is 59.7 Å². The Balaban J connectivity index is 1.94. The van der Waals surface area contributed by atoms with E-state index in [1.165, 1.54) is 11.1 Å². The third-order valence-corrected chi connectivity index (χ3v) is 3.84. The zero-order valence-corrected chi connectivity index (χ0v) is 13.8. The quantitative estimate of drug-likeness (QED) is 0.484. The Hall–Kier alpha value is -1.67. The van der Waals surface area contributed by atoms with E-state index >= 15 is 0 Å². The van der Waals surface area contributed by atoms with Crippen LogP contribution >= 0.6 is 11.6 Å². The van der Waals surface area contributed by atoms with Crippen LogP contribution in [0.5, 0.6) is 11.5 Å². The summed E-state index contributed by atoms with van der Waals surface area (Å²) in [5.41, 5.74) is 2.52. The van der Waals surface area contributed by atoms with Gasteiger partial charge in [0.15, 0.2) is 0 Å². The molecule has 0 N–H and O–H groups in total. The second-order valence-electron chi connectivity index (χ2n) is 5.20. The Kier molecular flexibility index (Phi) is 7.11. The van der Waals surface area contributed by atoms with E-state index in [-0.39, 0.29) is 0 Å². The minimum Gasteiger partial charge on any atom is -0.497 e. The summed E-state index contributed by atoms with van der Waals surface area (Å²) in [7, 11) is 1.70. The number of benzene rings is 2. The first-order chi connectivity index (χ1) is 10.8. The molecule has 0 saturated heterocycles. The van der Waals surface area contributed by atoms with Crippen molar-refractivity contribution in [2.24, 2.45) is 0 Å². The first kappa shape index (κ1) is 16.7. The van der Waals surface area contributed by atoms with Gasteiger partial charge in [0.25, 0.3) is 0 Å². The summed E-state index contributed by atoms with van der Waals surface area (Å²) >= 11 is 5.69. The van der Waals surface area contributed by atoms with Gasteiger partial charge in [-0.25, -0.2) is 0 Å². The molecule has 22 heavy (non-hydrogen) atoms. The summed E-state index contributed by atoms with van der Waals surface area (Å²) in [6.07, 6.45) is 3.92. The number of halogens is 1. The van der Waals surface area contributed by atoms with Crippen LogP contribution in [0.2, 0.25) is 0 Å². The van der Waals surface area contributed by atoms with Gasteiger partial charge in [0.2, 0.25) is 0 Å². The van der Waals surface area contributed by atoms with Gasteiger partial charge < -0.3 is 9.47 Å². The van der Waals surface area contributed by atoms with Crippen LogP contribution in [0.1, 0.15) is 24.0 Å². The first-order valence-electron chi connectivity index (χ1n) is 7.73. The largest absolute Gasteiger partial charge is 0.497 e. The van der Waals surface area contributed by atoms with Crippen molar-refractivity contribution in [1.82, 2.24) is 0 Å². The highest BCUT2D eigenvalue weighted by molar-refractivity contribution is 6.17. The van der Waals surface area contributed by atoms with Gasteiger partial charge in [0.05, 0.1) is 13.7 Å². The molecule has 0 heterocycles. The molecule has 0 aromatic heterocycles. The van der Waals surface area contributed by atoms with Crippen molar-refractivity contribution in [3.8, 4) is 11.5 Å². The van der Waals surface area contributed by atoms with Gasteiger partial charge in [-0.3, -0.25) is 0 Å². The van der Waals surface area contributed by atoms with Crippen LogP contribution < -0.4 is 9.47 Å². The van der Waals surface area contributed by atoms with E-state index in [1.807, 2.05) is 24.3 Å². The van der Waals surface area contributed by atoms with E-state index in [1.54, 1.807) is 7.11 Å². The highest BCUT2D eigenvalue weighted by Gasteiger charge is 2.04. The lowest BCUT2D eigenvalue weighted by Gasteiger charge is -2.11. The number of ether oxygens (including phenoxy) is 2. The highest BCUT2D eigenvalue weighted by Crippen LogP contribution is 2.21. The zero-order valence-electron chi connectivity index (χ0n) is 13.1. The molecule has 0 amide bonds. The monoisotopic (exact) mass is 318 g/mol. The summed E-state index contributed by atoms with van der Waals surface area (Å²) < 4.78 is 11.2. The maximum absolute atomic E-state index is 5.89. The highest BCUT2D eigenvalue weighted by atomic mass is 35.5. The van der Waals surface area contributed by atoms with Gasteiger partial charge in [0.1, 0.15) is 11.5 Å². The number of para-hydroxylation sites is 1. The predicted molar refractivity (Wildman–Crippen MR) is 92.3 cm³/mol. The predicted octanol–water partition coefficient (Wildman–Crippen LogP) is 4.88. The van der Waals surface area contributed by atoms with Gasteiger partial charge >= 0.3 is 0 Å². The van der Waals surface area contributed by atoms with Gasteiger partial charge in [0, 0.05) is 5.88 Å². The maximum atomic E-state index is 5.89. The van der Waals surface area contributed by atoms with Gasteiger partial charge in [-0.05, 0) is 55.0 Å². The van der Waals surface area contributed by atoms with E-state index in [9.17, 15) is 0 Å². The van der Waals surface area contributed by atoms with Crippen molar-refractivity contribution in [3.63, 3.8) is 0 Å². The third kappa shape index (κ3) is 5.27. The van der Waals surface area contributed by atoms with E-state index in [2.05, 4.69) is 24.3 Å². The van der Waals surface area contributed by atoms with Crippen molar-refractivity contribution >= 4 is 11.6 Å². The van der Waals surface area contributed by atoms with Crippen LogP contribution in [0.25, 0.3) is 0 Å². The van der Waals surface area contributed by atoms with Crippen LogP contribution in [-0.2, 0) is 12.8 Å².